The Bertz CT molecular complexity index is 518. The second-order valence-corrected chi connectivity index (χ2v) is 10.2. The zero-order valence-corrected chi connectivity index (χ0v) is 21.3. The second-order valence-electron chi connectivity index (χ2n) is 10.2. The molecule has 0 saturated carbocycles. The van der Waals surface area contributed by atoms with Crippen LogP contribution in [0.1, 0.15) is 112 Å². The van der Waals surface area contributed by atoms with E-state index in [2.05, 4.69) is 27.7 Å². The van der Waals surface area contributed by atoms with Gasteiger partial charge in [-0.15, -0.1) is 0 Å². The molecule has 1 heterocycles. The van der Waals surface area contributed by atoms with Crippen LogP contribution < -0.4 is 0 Å². The van der Waals surface area contributed by atoms with Crippen LogP contribution in [0.4, 0.5) is 0 Å². The molecule has 1 fully saturated rings. The first kappa shape index (κ1) is 28.9. The smallest absolute Gasteiger partial charge is 0.305 e. The molecule has 1 aliphatic heterocycles. The minimum Gasteiger partial charge on any atom is -0.466 e. The van der Waals surface area contributed by atoms with Crippen molar-refractivity contribution < 1.29 is 28.5 Å². The molecule has 0 aromatic carbocycles. The van der Waals surface area contributed by atoms with E-state index in [-0.39, 0.29) is 31.1 Å². The molecule has 0 bridgehead atoms. The van der Waals surface area contributed by atoms with E-state index in [1.165, 1.54) is 25.7 Å². The molecule has 1 rings (SSSR count). The molecule has 6 heteroatoms. The van der Waals surface area contributed by atoms with Crippen LogP contribution in [0.25, 0.3) is 0 Å². The number of carbonyl (C=O) groups excluding carboxylic acids is 2. The van der Waals surface area contributed by atoms with Gasteiger partial charge in [0.25, 0.3) is 0 Å². The first-order valence-corrected chi connectivity index (χ1v) is 12.8. The topological polar surface area (TPSA) is 71.1 Å². The van der Waals surface area contributed by atoms with Crippen LogP contribution in [-0.2, 0) is 28.5 Å². The van der Waals surface area contributed by atoms with Gasteiger partial charge in [-0.25, -0.2) is 0 Å². The van der Waals surface area contributed by atoms with Gasteiger partial charge < -0.3 is 18.9 Å². The third kappa shape index (κ3) is 14.8. The first-order valence-electron chi connectivity index (χ1n) is 12.8. The highest BCUT2D eigenvalue weighted by molar-refractivity contribution is 5.69. The van der Waals surface area contributed by atoms with Gasteiger partial charge in [0.2, 0.25) is 0 Å². The number of rotatable bonds is 18. The van der Waals surface area contributed by atoms with Crippen LogP contribution in [0.2, 0.25) is 0 Å². The van der Waals surface area contributed by atoms with Gasteiger partial charge in [-0.05, 0) is 31.6 Å². The van der Waals surface area contributed by atoms with Crippen molar-refractivity contribution in [1.29, 1.82) is 0 Å². The third-order valence-electron chi connectivity index (χ3n) is 5.81. The van der Waals surface area contributed by atoms with Crippen LogP contribution in [0.15, 0.2) is 0 Å². The van der Waals surface area contributed by atoms with Crippen LogP contribution in [0, 0.1) is 11.8 Å². The van der Waals surface area contributed by atoms with Crippen molar-refractivity contribution in [1.82, 2.24) is 0 Å². The molecule has 188 valence electrons. The minimum absolute atomic E-state index is 0.181. The highest BCUT2D eigenvalue weighted by Crippen LogP contribution is 2.28. The lowest BCUT2D eigenvalue weighted by molar-refractivity contribution is -0.174. The van der Waals surface area contributed by atoms with Crippen molar-refractivity contribution in [3.05, 3.63) is 0 Å². The molecule has 0 aromatic heterocycles. The standard InChI is InChI=1S/C26H48O6/c1-21(2)13-9-6-7-12-18-29-25(28)16-17-26(5)31-20-23(32-26)19-30-24(27)15-11-8-10-14-22(3)4/h21-23H,6-20H2,1-5H3. The average Bonchev–Trinajstić information content (AvgIpc) is 3.11. The quantitative estimate of drug-likeness (QED) is 0.181. The highest BCUT2D eigenvalue weighted by Gasteiger charge is 2.38. The van der Waals surface area contributed by atoms with Gasteiger partial charge >= 0.3 is 11.9 Å². The molecule has 2 unspecified atom stereocenters. The van der Waals surface area contributed by atoms with Crippen molar-refractivity contribution in [2.45, 2.75) is 124 Å². The molecule has 6 nitrogen and oxygen atoms in total. The Morgan fingerprint density at radius 1 is 0.844 bits per heavy atom. The summed E-state index contributed by atoms with van der Waals surface area (Å²) in [7, 11) is 0. The van der Waals surface area contributed by atoms with E-state index in [1.54, 1.807) is 0 Å². The number of unbranched alkanes of at least 4 members (excludes halogenated alkanes) is 5. The molecule has 1 aliphatic rings. The predicted molar refractivity (Wildman–Crippen MR) is 126 cm³/mol. The van der Waals surface area contributed by atoms with Gasteiger partial charge in [0.1, 0.15) is 12.7 Å². The fraction of sp³-hybridized carbons (Fsp3) is 0.923. The number of hydrogen-bond donors (Lipinski definition) is 0. The summed E-state index contributed by atoms with van der Waals surface area (Å²) in [5.74, 6) is 0.240. The van der Waals surface area contributed by atoms with E-state index in [9.17, 15) is 9.59 Å². The number of ether oxygens (including phenoxy) is 4. The molecule has 32 heavy (non-hydrogen) atoms. The van der Waals surface area contributed by atoms with Gasteiger partial charge in [0, 0.05) is 12.8 Å². The Kier molecular flexibility index (Phi) is 14.9. The van der Waals surface area contributed by atoms with Crippen molar-refractivity contribution in [3.8, 4) is 0 Å². The van der Waals surface area contributed by atoms with Crippen molar-refractivity contribution >= 4 is 11.9 Å². The molecule has 0 amide bonds. The summed E-state index contributed by atoms with van der Waals surface area (Å²) in [5, 5.41) is 0. The molecule has 2 atom stereocenters. The maximum Gasteiger partial charge on any atom is 0.305 e. The zero-order chi connectivity index (χ0) is 23.8. The number of carbonyl (C=O) groups is 2. The summed E-state index contributed by atoms with van der Waals surface area (Å²) in [4.78, 5) is 23.9. The second kappa shape index (κ2) is 16.5. The summed E-state index contributed by atoms with van der Waals surface area (Å²) < 4.78 is 22.3. The van der Waals surface area contributed by atoms with Crippen LogP contribution in [0.5, 0.6) is 0 Å². The number of esters is 2. The predicted octanol–water partition coefficient (Wildman–Crippen LogP) is 6.20. The van der Waals surface area contributed by atoms with E-state index in [4.69, 9.17) is 18.9 Å². The SMILES string of the molecule is CC(C)CCCCCCOC(=O)CCC1(C)OCC(COC(=O)CCCCCC(C)C)O1. The summed E-state index contributed by atoms with van der Waals surface area (Å²) in [6.45, 7) is 11.8. The van der Waals surface area contributed by atoms with Crippen molar-refractivity contribution in [2.75, 3.05) is 19.8 Å². The first-order chi connectivity index (χ1) is 15.2. The zero-order valence-electron chi connectivity index (χ0n) is 21.3. The van der Waals surface area contributed by atoms with Crippen LogP contribution >= 0.6 is 0 Å². The van der Waals surface area contributed by atoms with E-state index in [0.717, 1.165) is 38.0 Å². The molecule has 0 aromatic rings. The monoisotopic (exact) mass is 456 g/mol. The Hall–Kier alpha value is -1.14. The van der Waals surface area contributed by atoms with E-state index in [1.807, 2.05) is 6.92 Å². The van der Waals surface area contributed by atoms with E-state index < -0.39 is 5.79 Å². The van der Waals surface area contributed by atoms with Gasteiger partial charge in [0.15, 0.2) is 5.79 Å². The Morgan fingerprint density at radius 3 is 2.09 bits per heavy atom. The van der Waals surface area contributed by atoms with E-state index in [0.29, 0.717) is 32.0 Å². The Labute approximate surface area is 196 Å². The largest absolute Gasteiger partial charge is 0.466 e. The number of hydrogen-bond acceptors (Lipinski definition) is 6. The highest BCUT2D eigenvalue weighted by atomic mass is 16.7. The fourth-order valence-corrected chi connectivity index (χ4v) is 3.76. The maximum absolute atomic E-state index is 12.0. The molecule has 0 radical (unpaired) electrons. The van der Waals surface area contributed by atoms with Gasteiger partial charge in [0.05, 0.1) is 19.6 Å². The lowest BCUT2D eigenvalue weighted by atomic mass is 10.0. The van der Waals surface area contributed by atoms with Gasteiger partial charge in [-0.1, -0.05) is 72.6 Å². The van der Waals surface area contributed by atoms with Crippen LogP contribution in [-0.4, -0.2) is 43.7 Å². The Balaban J connectivity index is 2.07. The third-order valence-corrected chi connectivity index (χ3v) is 5.81. The summed E-state index contributed by atoms with van der Waals surface area (Å²) in [5.41, 5.74) is 0. The fourth-order valence-electron chi connectivity index (χ4n) is 3.76. The molecule has 1 saturated heterocycles. The van der Waals surface area contributed by atoms with Crippen molar-refractivity contribution in [3.63, 3.8) is 0 Å². The lowest BCUT2D eigenvalue weighted by Gasteiger charge is -2.22. The summed E-state index contributed by atoms with van der Waals surface area (Å²) in [6.07, 6.45) is 10.8. The van der Waals surface area contributed by atoms with Gasteiger partial charge in [-0.2, -0.15) is 0 Å². The molecule has 0 aliphatic carbocycles. The summed E-state index contributed by atoms with van der Waals surface area (Å²) >= 11 is 0. The van der Waals surface area contributed by atoms with Crippen molar-refractivity contribution in [2.24, 2.45) is 11.8 Å². The molecular weight excluding hydrogens is 408 g/mol. The molecule has 0 N–H and O–H groups in total. The lowest BCUT2D eigenvalue weighted by Crippen LogP contribution is -2.29. The average molecular weight is 457 g/mol. The van der Waals surface area contributed by atoms with E-state index >= 15 is 0 Å². The minimum atomic E-state index is -0.830. The van der Waals surface area contributed by atoms with Gasteiger partial charge in [-0.3, -0.25) is 9.59 Å². The Morgan fingerprint density at radius 2 is 1.44 bits per heavy atom. The summed E-state index contributed by atoms with van der Waals surface area (Å²) in [6, 6.07) is 0. The molecule has 0 spiro atoms. The maximum atomic E-state index is 12.0. The molecular formula is C26H48O6. The van der Waals surface area contributed by atoms with Crippen LogP contribution in [0.3, 0.4) is 0 Å². The normalized spacial score (nSPS) is 20.8.